The first-order valence-electron chi connectivity index (χ1n) is 7.52. The van der Waals surface area contributed by atoms with Crippen LogP contribution in [0, 0.1) is 0 Å². The third-order valence-electron chi connectivity index (χ3n) is 3.65. The lowest BCUT2D eigenvalue weighted by molar-refractivity contribution is 0.437. The monoisotopic (exact) mass is 311 g/mol. The van der Waals surface area contributed by atoms with Crippen molar-refractivity contribution in [3.8, 4) is 0 Å². The number of hydrogen-bond acceptors (Lipinski definition) is 3. The molecule has 0 spiro atoms. The molecule has 1 aromatic rings. The first-order chi connectivity index (χ1) is 9.95. The molecule has 0 saturated heterocycles. The molecule has 0 amide bonds. The van der Waals surface area contributed by atoms with Crippen LogP contribution >= 0.6 is 0 Å². The molecule has 2 rings (SSSR count). The Morgan fingerprint density at radius 1 is 1.33 bits per heavy atom. The van der Waals surface area contributed by atoms with Crippen molar-refractivity contribution in [2.75, 3.05) is 13.1 Å². The Morgan fingerprint density at radius 3 is 2.67 bits per heavy atom. The highest BCUT2D eigenvalue weighted by Crippen LogP contribution is 2.21. The Hall–Kier alpha value is -1.11. The molecule has 118 valence electrons. The molecule has 1 aliphatic heterocycles. The standard InChI is InChI=1S/C15H25N3O2S/c1-4-17-12-15(10-14(17)11-16-13(2)3)21(19,20)18-8-6-5-7-9-18/h5-6,10,12-13,16H,4,7-9,11H2,1-3H3. The summed E-state index contributed by atoms with van der Waals surface area (Å²) in [5.41, 5.74) is 1.01. The fourth-order valence-electron chi connectivity index (χ4n) is 2.40. The number of nitrogens with zero attached hydrogens (tertiary/aromatic N) is 2. The van der Waals surface area contributed by atoms with Gasteiger partial charge >= 0.3 is 0 Å². The minimum absolute atomic E-state index is 0.373. The molecule has 0 aromatic carbocycles. The molecule has 6 heteroatoms. The van der Waals surface area contributed by atoms with Gasteiger partial charge in [-0.05, 0) is 19.4 Å². The zero-order valence-electron chi connectivity index (χ0n) is 13.0. The van der Waals surface area contributed by atoms with Gasteiger partial charge in [0.2, 0.25) is 10.0 Å². The summed E-state index contributed by atoms with van der Waals surface area (Å²) in [6.45, 7) is 8.67. The molecule has 0 unspecified atom stereocenters. The quantitative estimate of drug-likeness (QED) is 0.817. The average Bonchev–Trinajstić information content (AvgIpc) is 2.90. The summed E-state index contributed by atoms with van der Waals surface area (Å²) in [5, 5.41) is 3.34. The van der Waals surface area contributed by atoms with Gasteiger partial charge in [-0.25, -0.2) is 8.42 Å². The average molecular weight is 311 g/mol. The van der Waals surface area contributed by atoms with Crippen molar-refractivity contribution in [2.45, 2.75) is 51.2 Å². The summed E-state index contributed by atoms with van der Waals surface area (Å²) in [7, 11) is -3.38. The summed E-state index contributed by atoms with van der Waals surface area (Å²) < 4.78 is 28.9. The molecule has 0 fully saturated rings. The number of hydrogen-bond donors (Lipinski definition) is 1. The van der Waals surface area contributed by atoms with E-state index in [1.165, 1.54) is 0 Å². The summed E-state index contributed by atoms with van der Waals surface area (Å²) in [5.74, 6) is 0. The van der Waals surface area contributed by atoms with Gasteiger partial charge in [0, 0.05) is 44.1 Å². The van der Waals surface area contributed by atoms with Gasteiger partial charge in [0.05, 0.1) is 0 Å². The normalized spacial score (nSPS) is 16.8. The Bertz CT molecular complexity index is 602. The highest BCUT2D eigenvalue weighted by atomic mass is 32.2. The van der Waals surface area contributed by atoms with E-state index in [0.29, 0.717) is 30.6 Å². The third kappa shape index (κ3) is 3.75. The number of rotatable bonds is 6. The van der Waals surface area contributed by atoms with Gasteiger partial charge in [-0.1, -0.05) is 26.0 Å². The van der Waals surface area contributed by atoms with Crippen molar-refractivity contribution in [3.05, 3.63) is 30.1 Å². The van der Waals surface area contributed by atoms with Crippen molar-refractivity contribution >= 4 is 10.0 Å². The van der Waals surface area contributed by atoms with Gasteiger partial charge in [-0.15, -0.1) is 0 Å². The first kappa shape index (κ1) is 16.3. The van der Waals surface area contributed by atoms with Crippen molar-refractivity contribution in [1.29, 1.82) is 0 Å². The van der Waals surface area contributed by atoms with E-state index >= 15 is 0 Å². The zero-order valence-corrected chi connectivity index (χ0v) is 13.9. The number of aryl methyl sites for hydroxylation is 1. The maximum Gasteiger partial charge on any atom is 0.244 e. The zero-order chi connectivity index (χ0) is 15.5. The van der Waals surface area contributed by atoms with E-state index in [2.05, 4.69) is 19.2 Å². The molecule has 0 saturated carbocycles. The van der Waals surface area contributed by atoms with Crippen molar-refractivity contribution in [1.82, 2.24) is 14.2 Å². The van der Waals surface area contributed by atoms with Crippen molar-refractivity contribution in [3.63, 3.8) is 0 Å². The van der Waals surface area contributed by atoms with Gasteiger partial charge in [-0.2, -0.15) is 4.31 Å². The van der Waals surface area contributed by atoms with E-state index in [0.717, 1.165) is 18.7 Å². The molecular formula is C15H25N3O2S. The summed E-state index contributed by atoms with van der Waals surface area (Å²) >= 11 is 0. The van der Waals surface area contributed by atoms with Crippen LogP contribution in [0.1, 0.15) is 32.9 Å². The summed E-state index contributed by atoms with van der Waals surface area (Å²) in [6.07, 6.45) is 6.49. The lowest BCUT2D eigenvalue weighted by atomic mass is 10.3. The highest BCUT2D eigenvalue weighted by Gasteiger charge is 2.26. The minimum Gasteiger partial charge on any atom is -0.349 e. The second kappa shape index (κ2) is 6.77. The Labute approximate surface area is 127 Å². The summed E-state index contributed by atoms with van der Waals surface area (Å²) in [6, 6.07) is 2.17. The van der Waals surface area contributed by atoms with Gasteiger partial charge in [0.15, 0.2) is 0 Å². The van der Waals surface area contributed by atoms with Crippen molar-refractivity contribution in [2.24, 2.45) is 0 Å². The number of sulfonamides is 1. The lowest BCUT2D eigenvalue weighted by Gasteiger charge is -2.21. The molecule has 21 heavy (non-hydrogen) atoms. The lowest BCUT2D eigenvalue weighted by Crippen LogP contribution is -2.33. The molecule has 1 aromatic heterocycles. The van der Waals surface area contributed by atoms with Crippen LogP contribution in [0.4, 0.5) is 0 Å². The molecular weight excluding hydrogens is 286 g/mol. The largest absolute Gasteiger partial charge is 0.349 e. The molecule has 0 bridgehead atoms. The van der Waals surface area contributed by atoms with Gasteiger partial charge in [0.25, 0.3) is 0 Å². The molecule has 2 heterocycles. The van der Waals surface area contributed by atoms with E-state index in [-0.39, 0.29) is 0 Å². The van der Waals surface area contributed by atoms with Crippen LogP contribution < -0.4 is 5.32 Å². The van der Waals surface area contributed by atoms with E-state index in [9.17, 15) is 8.42 Å². The second-order valence-corrected chi connectivity index (χ2v) is 7.55. The Balaban J connectivity index is 2.24. The highest BCUT2D eigenvalue weighted by molar-refractivity contribution is 7.89. The smallest absolute Gasteiger partial charge is 0.244 e. The fraction of sp³-hybridized carbons (Fsp3) is 0.600. The van der Waals surface area contributed by atoms with E-state index in [1.54, 1.807) is 16.6 Å². The molecule has 0 radical (unpaired) electrons. The van der Waals surface area contributed by atoms with Crippen LogP contribution in [0.15, 0.2) is 29.3 Å². The van der Waals surface area contributed by atoms with Crippen LogP contribution in [0.3, 0.4) is 0 Å². The second-order valence-electron chi connectivity index (χ2n) is 5.61. The predicted molar refractivity (Wildman–Crippen MR) is 84.6 cm³/mol. The maximum absolute atomic E-state index is 12.7. The molecule has 0 atom stereocenters. The van der Waals surface area contributed by atoms with Crippen LogP contribution in [0.2, 0.25) is 0 Å². The van der Waals surface area contributed by atoms with Crippen LogP contribution in [0.5, 0.6) is 0 Å². The van der Waals surface area contributed by atoms with E-state index < -0.39 is 10.0 Å². The topological polar surface area (TPSA) is 54.3 Å². The van der Waals surface area contributed by atoms with Crippen LogP contribution in [0.25, 0.3) is 0 Å². The third-order valence-corrected chi connectivity index (χ3v) is 5.48. The van der Waals surface area contributed by atoms with Crippen LogP contribution in [-0.4, -0.2) is 36.4 Å². The number of aromatic nitrogens is 1. The Kier molecular flexibility index (Phi) is 5.24. The minimum atomic E-state index is -3.38. The molecule has 1 N–H and O–H groups in total. The van der Waals surface area contributed by atoms with Crippen LogP contribution in [-0.2, 0) is 23.1 Å². The van der Waals surface area contributed by atoms with Gasteiger partial charge in [-0.3, -0.25) is 0 Å². The molecule has 5 nitrogen and oxygen atoms in total. The SMILES string of the molecule is CCn1cc(S(=O)(=O)N2CC=CCC2)cc1CNC(C)C. The first-order valence-corrected chi connectivity index (χ1v) is 8.96. The van der Waals surface area contributed by atoms with Crippen molar-refractivity contribution < 1.29 is 8.42 Å². The van der Waals surface area contributed by atoms with E-state index in [4.69, 9.17) is 0 Å². The predicted octanol–water partition coefficient (Wildman–Crippen LogP) is 1.96. The molecule has 0 aliphatic carbocycles. The Morgan fingerprint density at radius 2 is 2.10 bits per heavy atom. The van der Waals surface area contributed by atoms with Gasteiger partial charge in [0.1, 0.15) is 4.90 Å². The number of nitrogens with one attached hydrogen (secondary N) is 1. The fourth-order valence-corrected chi connectivity index (χ4v) is 3.88. The van der Waals surface area contributed by atoms with E-state index in [1.807, 2.05) is 23.6 Å². The summed E-state index contributed by atoms with van der Waals surface area (Å²) in [4.78, 5) is 0.403. The maximum atomic E-state index is 12.7. The molecule has 1 aliphatic rings. The van der Waals surface area contributed by atoms with Gasteiger partial charge < -0.3 is 9.88 Å².